The molecule has 0 aliphatic carbocycles. The number of ether oxygens (including phenoxy) is 1. The molecule has 3 rings (SSSR count). The number of carbonyl (C=O) groups is 3. The Morgan fingerprint density at radius 3 is 2.42 bits per heavy atom. The lowest BCUT2D eigenvalue weighted by Crippen LogP contribution is -2.23. The van der Waals surface area contributed by atoms with Gasteiger partial charge in [-0.15, -0.1) is 0 Å². The maximum Gasteiger partial charge on any atom is 0.352 e. The van der Waals surface area contributed by atoms with Gasteiger partial charge < -0.3 is 14.9 Å². The van der Waals surface area contributed by atoms with Crippen molar-refractivity contribution in [3.8, 4) is 5.75 Å². The Morgan fingerprint density at radius 1 is 0.968 bits per heavy atom. The normalized spacial score (nSPS) is 11.2. The number of carboxylic acid groups (broad SMARTS) is 2. The van der Waals surface area contributed by atoms with E-state index in [1.807, 2.05) is 30.3 Å². The highest BCUT2D eigenvalue weighted by atomic mass is 16.5. The van der Waals surface area contributed by atoms with Crippen LogP contribution in [-0.2, 0) is 16.2 Å². The number of benzene rings is 2. The molecule has 0 bridgehead atoms. The second kappa shape index (κ2) is 9.97. The van der Waals surface area contributed by atoms with Gasteiger partial charge in [-0.2, -0.15) is 5.10 Å². The topological polar surface area (TPSA) is 138 Å². The van der Waals surface area contributed by atoms with Crippen molar-refractivity contribution in [3.05, 3.63) is 71.9 Å². The molecule has 0 fully saturated rings. The first-order valence-corrected chi connectivity index (χ1v) is 9.31. The molecule has 1 heterocycles. The van der Waals surface area contributed by atoms with E-state index >= 15 is 0 Å². The first-order valence-electron chi connectivity index (χ1n) is 9.31. The van der Waals surface area contributed by atoms with Crippen molar-refractivity contribution in [2.24, 2.45) is 5.10 Å². The number of carbonyl (C=O) groups excluding carboxylic acids is 1. The molecule has 0 aliphatic heterocycles. The zero-order valence-electron chi connectivity index (χ0n) is 16.3. The number of pyridine rings is 1. The highest BCUT2D eigenvalue weighted by molar-refractivity contribution is 6.35. The van der Waals surface area contributed by atoms with Crippen LogP contribution in [-0.4, -0.2) is 38.8 Å². The van der Waals surface area contributed by atoms with Crippen LogP contribution in [0.3, 0.4) is 0 Å². The summed E-state index contributed by atoms with van der Waals surface area (Å²) in [6.45, 7) is 0.272. The Hall–Kier alpha value is -4.27. The molecule has 0 atom stereocenters. The Morgan fingerprint density at radius 2 is 1.71 bits per heavy atom. The van der Waals surface area contributed by atoms with Crippen LogP contribution in [0.15, 0.2) is 65.9 Å². The summed E-state index contributed by atoms with van der Waals surface area (Å²) in [5.74, 6) is -2.51. The molecule has 0 unspecified atom stereocenters. The van der Waals surface area contributed by atoms with Gasteiger partial charge in [-0.05, 0) is 29.8 Å². The number of hydrazone groups is 1. The van der Waals surface area contributed by atoms with Crippen LogP contribution >= 0.6 is 0 Å². The number of rotatable bonds is 9. The molecule has 0 spiro atoms. The SMILES string of the molecule is O=C(O)CCC(=NNC(=O)c1ccc(COc2cccc3cccnc23)cc1)C(=O)O. The molecule has 2 aromatic carbocycles. The number of para-hydroxylation sites is 1. The van der Waals surface area contributed by atoms with Crippen LogP contribution in [0.2, 0.25) is 0 Å². The predicted octanol–water partition coefficient (Wildman–Crippen LogP) is 2.85. The number of hydrogen-bond acceptors (Lipinski definition) is 6. The monoisotopic (exact) mass is 421 g/mol. The minimum absolute atomic E-state index is 0.266. The number of carboxylic acids is 2. The van der Waals surface area contributed by atoms with Crippen molar-refractivity contribution in [2.45, 2.75) is 19.4 Å². The van der Waals surface area contributed by atoms with E-state index < -0.39 is 30.0 Å². The first-order chi connectivity index (χ1) is 14.9. The van der Waals surface area contributed by atoms with E-state index in [0.29, 0.717) is 5.75 Å². The zero-order chi connectivity index (χ0) is 22.2. The van der Waals surface area contributed by atoms with Crippen LogP contribution in [0.5, 0.6) is 5.75 Å². The van der Waals surface area contributed by atoms with E-state index in [2.05, 4.69) is 15.5 Å². The van der Waals surface area contributed by atoms with Crippen molar-refractivity contribution in [1.82, 2.24) is 10.4 Å². The van der Waals surface area contributed by atoms with Crippen LogP contribution in [0.4, 0.5) is 0 Å². The standard InChI is InChI=1S/C22H19N3O6/c26-19(27)11-10-17(22(29)30)24-25-21(28)16-8-6-14(7-9-16)13-31-18-5-1-3-15-4-2-12-23-20(15)18/h1-9,12H,10-11,13H2,(H,25,28)(H,26,27)(H,29,30). The van der Waals surface area contributed by atoms with Crippen molar-refractivity contribution in [3.63, 3.8) is 0 Å². The predicted molar refractivity (Wildman–Crippen MR) is 112 cm³/mol. The molecule has 1 aromatic heterocycles. The van der Waals surface area contributed by atoms with Crippen molar-refractivity contribution in [2.75, 3.05) is 0 Å². The van der Waals surface area contributed by atoms with E-state index in [9.17, 15) is 14.4 Å². The zero-order valence-corrected chi connectivity index (χ0v) is 16.3. The molecule has 0 aliphatic rings. The molecule has 9 heteroatoms. The molecule has 31 heavy (non-hydrogen) atoms. The third-order valence-corrected chi connectivity index (χ3v) is 4.32. The van der Waals surface area contributed by atoms with Crippen LogP contribution in [0.1, 0.15) is 28.8 Å². The largest absolute Gasteiger partial charge is 0.487 e. The maximum atomic E-state index is 12.2. The molecule has 158 valence electrons. The van der Waals surface area contributed by atoms with Crippen molar-refractivity contribution >= 4 is 34.5 Å². The molecule has 1 amide bonds. The Bertz CT molecular complexity index is 1140. The minimum Gasteiger partial charge on any atom is -0.487 e. The summed E-state index contributed by atoms with van der Waals surface area (Å²) in [4.78, 5) is 38.2. The number of fused-ring (bicyclic) bond motifs is 1. The van der Waals surface area contributed by atoms with Gasteiger partial charge >= 0.3 is 11.9 Å². The van der Waals surface area contributed by atoms with Crippen LogP contribution < -0.4 is 10.2 Å². The van der Waals surface area contributed by atoms with Gasteiger partial charge in [-0.3, -0.25) is 14.6 Å². The molecular weight excluding hydrogens is 402 g/mol. The van der Waals surface area contributed by atoms with Gasteiger partial charge in [-0.1, -0.05) is 30.3 Å². The first kappa shape index (κ1) is 21.4. The van der Waals surface area contributed by atoms with Crippen molar-refractivity contribution < 1.29 is 29.3 Å². The molecule has 3 aromatic rings. The smallest absolute Gasteiger partial charge is 0.352 e. The van der Waals surface area contributed by atoms with E-state index in [0.717, 1.165) is 16.5 Å². The fraction of sp³-hybridized carbons (Fsp3) is 0.136. The second-order valence-electron chi connectivity index (χ2n) is 6.52. The fourth-order valence-electron chi connectivity index (χ4n) is 2.72. The summed E-state index contributed by atoms with van der Waals surface area (Å²) in [5, 5.41) is 22.2. The second-order valence-corrected chi connectivity index (χ2v) is 6.52. The van der Waals surface area contributed by atoms with Gasteiger partial charge in [0.25, 0.3) is 5.91 Å². The molecular formula is C22H19N3O6. The molecule has 9 nitrogen and oxygen atoms in total. The summed E-state index contributed by atoms with van der Waals surface area (Å²) in [6.07, 6.45) is 0.995. The average Bonchev–Trinajstić information content (AvgIpc) is 2.77. The maximum absolute atomic E-state index is 12.2. The van der Waals surface area contributed by atoms with Gasteiger partial charge in [0, 0.05) is 23.6 Å². The molecule has 0 radical (unpaired) electrons. The van der Waals surface area contributed by atoms with Crippen LogP contribution in [0.25, 0.3) is 10.9 Å². The Kier molecular flexibility index (Phi) is 6.89. The Labute approximate surface area is 177 Å². The van der Waals surface area contributed by atoms with Crippen molar-refractivity contribution in [1.29, 1.82) is 0 Å². The lowest BCUT2D eigenvalue weighted by molar-refractivity contribution is -0.136. The molecule has 0 saturated carbocycles. The van der Waals surface area contributed by atoms with E-state index in [-0.39, 0.29) is 18.6 Å². The quantitative estimate of drug-likeness (QED) is 0.357. The average molecular weight is 421 g/mol. The number of aromatic nitrogens is 1. The number of amides is 1. The highest BCUT2D eigenvalue weighted by Crippen LogP contribution is 2.23. The summed E-state index contributed by atoms with van der Waals surface area (Å²) >= 11 is 0. The molecule has 0 saturated heterocycles. The molecule has 3 N–H and O–H groups in total. The number of aliphatic carboxylic acids is 2. The summed E-state index contributed by atoms with van der Waals surface area (Å²) in [5.41, 5.74) is 3.54. The van der Waals surface area contributed by atoms with Gasteiger partial charge in [0.2, 0.25) is 0 Å². The van der Waals surface area contributed by atoms with Gasteiger partial charge in [-0.25, -0.2) is 10.2 Å². The lowest BCUT2D eigenvalue weighted by atomic mass is 10.1. The van der Waals surface area contributed by atoms with Gasteiger partial charge in [0.1, 0.15) is 23.6 Å². The van der Waals surface area contributed by atoms with Gasteiger partial charge in [0.15, 0.2) is 0 Å². The third kappa shape index (κ3) is 5.86. The van der Waals surface area contributed by atoms with Gasteiger partial charge in [0.05, 0.1) is 6.42 Å². The Balaban J connectivity index is 1.61. The van der Waals surface area contributed by atoms with E-state index in [4.69, 9.17) is 14.9 Å². The van der Waals surface area contributed by atoms with E-state index in [1.54, 1.807) is 30.5 Å². The summed E-state index contributed by atoms with van der Waals surface area (Å²) in [6, 6.07) is 16.0. The van der Waals surface area contributed by atoms with E-state index in [1.165, 1.54) is 0 Å². The van der Waals surface area contributed by atoms with Crippen LogP contribution in [0, 0.1) is 0 Å². The fourth-order valence-corrected chi connectivity index (χ4v) is 2.72. The number of nitrogens with one attached hydrogen (secondary N) is 1. The minimum atomic E-state index is -1.39. The highest BCUT2D eigenvalue weighted by Gasteiger charge is 2.13. The summed E-state index contributed by atoms with van der Waals surface area (Å²) < 4.78 is 5.86. The third-order valence-electron chi connectivity index (χ3n) is 4.32. The summed E-state index contributed by atoms with van der Waals surface area (Å²) in [7, 11) is 0. The number of hydrogen-bond donors (Lipinski definition) is 3. The lowest BCUT2D eigenvalue weighted by Gasteiger charge is -2.09. The number of nitrogens with zero attached hydrogens (tertiary/aromatic N) is 2.